The lowest BCUT2D eigenvalue weighted by Crippen LogP contribution is -2.09. The average Bonchev–Trinajstić information content (AvgIpc) is 2.38. The molecular weight excluding hydrogens is 251 g/mol. The maximum atomic E-state index is 12.8. The van der Waals surface area contributed by atoms with Gasteiger partial charge in [0.15, 0.2) is 5.78 Å². The molecule has 0 N–H and O–H groups in total. The van der Waals surface area contributed by atoms with E-state index in [1.165, 1.54) is 12.1 Å². The molecule has 0 spiro atoms. The van der Waals surface area contributed by atoms with Crippen LogP contribution in [0.3, 0.4) is 0 Å². The lowest BCUT2D eigenvalue weighted by molar-refractivity contribution is 0.0966. The van der Waals surface area contributed by atoms with Crippen molar-refractivity contribution in [1.82, 2.24) is 0 Å². The molecule has 0 amide bonds. The number of ketones is 1. The molecule has 92 valence electrons. The zero-order valence-corrected chi connectivity index (χ0v) is 10.6. The summed E-state index contributed by atoms with van der Waals surface area (Å²) in [7, 11) is 0. The van der Waals surface area contributed by atoms with Crippen LogP contribution in [-0.4, -0.2) is 5.78 Å². The first kappa shape index (κ1) is 12.8. The quantitative estimate of drug-likeness (QED) is 0.746. The van der Waals surface area contributed by atoms with Gasteiger partial charge in [0.2, 0.25) is 0 Å². The molecule has 3 heteroatoms. The lowest BCUT2D eigenvalue weighted by Gasteiger charge is -2.11. The predicted octanol–water partition coefficient (Wildman–Crippen LogP) is 4.47. The topological polar surface area (TPSA) is 17.1 Å². The minimum atomic E-state index is -0.316. The van der Waals surface area contributed by atoms with Gasteiger partial charge >= 0.3 is 0 Å². The summed E-state index contributed by atoms with van der Waals surface area (Å²) in [5.74, 6) is -0.644. The zero-order chi connectivity index (χ0) is 13.1. The van der Waals surface area contributed by atoms with Crippen molar-refractivity contribution in [3.05, 3.63) is 70.5 Å². The van der Waals surface area contributed by atoms with E-state index in [9.17, 15) is 9.18 Å². The van der Waals surface area contributed by atoms with Gasteiger partial charge in [-0.1, -0.05) is 42.8 Å². The second-order valence-corrected chi connectivity index (χ2v) is 4.58. The molecule has 1 atom stereocenters. The van der Waals surface area contributed by atoms with Gasteiger partial charge in [0.25, 0.3) is 0 Å². The average molecular weight is 263 g/mol. The van der Waals surface area contributed by atoms with E-state index in [0.717, 1.165) is 5.56 Å². The van der Waals surface area contributed by atoms with Gasteiger partial charge < -0.3 is 0 Å². The van der Waals surface area contributed by atoms with Crippen LogP contribution in [0.1, 0.15) is 28.8 Å². The SMILES string of the molecule is CC(C(=O)c1cccc(Cl)c1)c1ccc(F)cc1. The van der Waals surface area contributed by atoms with Crippen molar-refractivity contribution >= 4 is 17.4 Å². The van der Waals surface area contributed by atoms with Crippen molar-refractivity contribution in [3.8, 4) is 0 Å². The number of rotatable bonds is 3. The third-order valence-electron chi connectivity index (χ3n) is 2.87. The summed E-state index contributed by atoms with van der Waals surface area (Å²) in [4.78, 5) is 12.2. The molecule has 0 fully saturated rings. The van der Waals surface area contributed by atoms with Gasteiger partial charge in [-0.2, -0.15) is 0 Å². The number of carbonyl (C=O) groups is 1. The number of carbonyl (C=O) groups excluding carboxylic acids is 1. The molecule has 1 nitrogen and oxygen atoms in total. The molecular formula is C15H12ClFO. The maximum absolute atomic E-state index is 12.8. The third kappa shape index (κ3) is 2.77. The number of hydrogen-bond acceptors (Lipinski definition) is 1. The van der Waals surface area contributed by atoms with E-state index in [0.29, 0.717) is 10.6 Å². The molecule has 0 saturated carbocycles. The fourth-order valence-electron chi connectivity index (χ4n) is 1.79. The summed E-state index contributed by atoms with van der Waals surface area (Å²) in [5, 5.41) is 0.534. The van der Waals surface area contributed by atoms with Crippen LogP contribution in [0, 0.1) is 5.82 Å². The van der Waals surface area contributed by atoms with E-state index in [4.69, 9.17) is 11.6 Å². The molecule has 0 bridgehead atoms. The fourth-order valence-corrected chi connectivity index (χ4v) is 1.98. The smallest absolute Gasteiger partial charge is 0.170 e. The highest BCUT2D eigenvalue weighted by Crippen LogP contribution is 2.22. The monoisotopic (exact) mass is 262 g/mol. The van der Waals surface area contributed by atoms with Crippen LogP contribution in [0.25, 0.3) is 0 Å². The Morgan fingerprint density at radius 2 is 1.83 bits per heavy atom. The Morgan fingerprint density at radius 3 is 2.44 bits per heavy atom. The minimum absolute atomic E-state index is 0.0240. The predicted molar refractivity (Wildman–Crippen MR) is 70.6 cm³/mol. The van der Waals surface area contributed by atoms with E-state index >= 15 is 0 Å². The van der Waals surface area contributed by atoms with Gasteiger partial charge in [-0.05, 0) is 29.8 Å². The molecule has 0 aliphatic heterocycles. The van der Waals surface area contributed by atoms with Gasteiger partial charge in [-0.25, -0.2) is 4.39 Å². The number of benzene rings is 2. The van der Waals surface area contributed by atoms with Crippen molar-refractivity contribution in [2.24, 2.45) is 0 Å². The van der Waals surface area contributed by atoms with E-state index < -0.39 is 0 Å². The summed E-state index contributed by atoms with van der Waals surface area (Å²) in [6.07, 6.45) is 0. The van der Waals surface area contributed by atoms with Gasteiger partial charge in [0.05, 0.1) is 0 Å². The Kier molecular flexibility index (Phi) is 3.78. The Hall–Kier alpha value is -1.67. The molecule has 0 heterocycles. The molecule has 0 aliphatic rings. The molecule has 2 aromatic rings. The summed E-state index contributed by atoms with van der Waals surface area (Å²) in [5.41, 5.74) is 1.36. The third-order valence-corrected chi connectivity index (χ3v) is 3.11. The number of halogens is 2. The summed E-state index contributed by atoms with van der Waals surface area (Å²) in [6, 6.07) is 12.8. The molecule has 18 heavy (non-hydrogen) atoms. The first-order valence-corrected chi connectivity index (χ1v) is 6.01. The Balaban J connectivity index is 2.26. The van der Waals surface area contributed by atoms with Crippen molar-refractivity contribution in [2.45, 2.75) is 12.8 Å². The van der Waals surface area contributed by atoms with E-state index in [2.05, 4.69) is 0 Å². The van der Waals surface area contributed by atoms with Crippen LogP contribution in [0.4, 0.5) is 4.39 Å². The van der Waals surface area contributed by atoms with Crippen molar-refractivity contribution in [1.29, 1.82) is 0 Å². The maximum Gasteiger partial charge on any atom is 0.170 e. The standard InChI is InChI=1S/C15H12ClFO/c1-10(11-5-7-14(17)8-6-11)15(18)12-3-2-4-13(16)9-12/h2-10H,1H3. The van der Waals surface area contributed by atoms with Crippen LogP contribution in [-0.2, 0) is 0 Å². The molecule has 0 radical (unpaired) electrons. The van der Waals surface area contributed by atoms with Gasteiger partial charge in [-0.3, -0.25) is 4.79 Å². The Labute approximate surface area is 110 Å². The van der Waals surface area contributed by atoms with Gasteiger partial charge in [-0.15, -0.1) is 0 Å². The van der Waals surface area contributed by atoms with Crippen molar-refractivity contribution in [2.75, 3.05) is 0 Å². The zero-order valence-electron chi connectivity index (χ0n) is 9.86. The Bertz CT molecular complexity index is 563. The highest BCUT2D eigenvalue weighted by Gasteiger charge is 2.17. The van der Waals surface area contributed by atoms with Crippen LogP contribution in [0.2, 0.25) is 5.02 Å². The summed E-state index contributed by atoms with van der Waals surface area (Å²) < 4.78 is 12.8. The van der Waals surface area contributed by atoms with E-state index in [-0.39, 0.29) is 17.5 Å². The Morgan fingerprint density at radius 1 is 1.17 bits per heavy atom. The van der Waals surface area contributed by atoms with E-state index in [1.54, 1.807) is 43.3 Å². The largest absolute Gasteiger partial charge is 0.294 e. The first-order chi connectivity index (χ1) is 8.58. The van der Waals surface area contributed by atoms with Crippen LogP contribution >= 0.6 is 11.6 Å². The highest BCUT2D eigenvalue weighted by molar-refractivity contribution is 6.31. The van der Waals surface area contributed by atoms with Crippen LogP contribution in [0.5, 0.6) is 0 Å². The fraction of sp³-hybridized carbons (Fsp3) is 0.133. The second kappa shape index (κ2) is 5.32. The number of hydrogen-bond donors (Lipinski definition) is 0. The second-order valence-electron chi connectivity index (χ2n) is 4.15. The van der Waals surface area contributed by atoms with Gasteiger partial charge in [0, 0.05) is 16.5 Å². The summed E-state index contributed by atoms with van der Waals surface area (Å²) >= 11 is 5.86. The molecule has 0 aromatic heterocycles. The minimum Gasteiger partial charge on any atom is -0.294 e. The van der Waals surface area contributed by atoms with Crippen molar-refractivity contribution < 1.29 is 9.18 Å². The highest BCUT2D eigenvalue weighted by atomic mass is 35.5. The normalized spacial score (nSPS) is 12.2. The molecule has 0 saturated heterocycles. The van der Waals surface area contributed by atoms with Crippen LogP contribution in [0.15, 0.2) is 48.5 Å². The number of Topliss-reactive ketones (excluding diaryl/α,β-unsaturated/α-hetero) is 1. The molecule has 0 aliphatic carbocycles. The first-order valence-electron chi connectivity index (χ1n) is 5.63. The van der Waals surface area contributed by atoms with Crippen LogP contribution < -0.4 is 0 Å². The molecule has 2 aromatic carbocycles. The summed E-state index contributed by atoms with van der Waals surface area (Å²) in [6.45, 7) is 1.80. The van der Waals surface area contributed by atoms with Gasteiger partial charge in [0.1, 0.15) is 5.82 Å². The lowest BCUT2D eigenvalue weighted by atomic mass is 9.92. The molecule has 2 rings (SSSR count). The van der Waals surface area contributed by atoms with Crippen molar-refractivity contribution in [3.63, 3.8) is 0 Å². The molecule has 1 unspecified atom stereocenters. The van der Waals surface area contributed by atoms with E-state index in [1.807, 2.05) is 0 Å².